The minimum atomic E-state index is -0.211. The topological polar surface area (TPSA) is 72.7 Å². The van der Waals surface area contributed by atoms with E-state index in [0.29, 0.717) is 10.7 Å². The first-order valence-electron chi connectivity index (χ1n) is 4.80. The third-order valence-electron chi connectivity index (χ3n) is 1.99. The predicted molar refractivity (Wildman–Crippen MR) is 60.5 cm³/mol. The highest BCUT2D eigenvalue weighted by atomic mass is 32.1. The molecule has 0 unspecified atom stereocenters. The molecule has 0 saturated carbocycles. The van der Waals surface area contributed by atoms with E-state index in [2.05, 4.69) is 20.0 Å². The van der Waals surface area contributed by atoms with Gasteiger partial charge in [-0.05, 0) is 25.4 Å². The summed E-state index contributed by atoms with van der Waals surface area (Å²) in [7, 11) is 0. The molecule has 2 rings (SSSR count). The monoisotopic (exact) mass is 237 g/mol. The van der Waals surface area contributed by atoms with Gasteiger partial charge in [0.15, 0.2) is 0 Å². The SMILES string of the molecule is CC(C)n1nccc1NC(=O)c1cnns1. The van der Waals surface area contributed by atoms with Crippen LogP contribution in [0.5, 0.6) is 0 Å². The number of aromatic nitrogens is 4. The lowest BCUT2D eigenvalue weighted by Crippen LogP contribution is -2.15. The number of hydrogen-bond donors (Lipinski definition) is 1. The number of nitrogens with one attached hydrogen (secondary N) is 1. The van der Waals surface area contributed by atoms with Gasteiger partial charge in [-0.3, -0.25) is 4.79 Å². The zero-order chi connectivity index (χ0) is 11.5. The largest absolute Gasteiger partial charge is 0.306 e. The van der Waals surface area contributed by atoms with Crippen molar-refractivity contribution in [3.8, 4) is 0 Å². The molecule has 0 atom stereocenters. The Morgan fingerprint density at radius 3 is 3.00 bits per heavy atom. The Morgan fingerprint density at radius 2 is 2.38 bits per heavy atom. The van der Waals surface area contributed by atoms with E-state index in [1.165, 1.54) is 6.20 Å². The fourth-order valence-electron chi connectivity index (χ4n) is 1.27. The Balaban J connectivity index is 2.15. The van der Waals surface area contributed by atoms with Crippen molar-refractivity contribution in [3.63, 3.8) is 0 Å². The first-order valence-corrected chi connectivity index (χ1v) is 5.58. The van der Waals surface area contributed by atoms with Crippen LogP contribution in [0, 0.1) is 0 Å². The summed E-state index contributed by atoms with van der Waals surface area (Å²) in [4.78, 5) is 12.2. The van der Waals surface area contributed by atoms with Crippen molar-refractivity contribution in [3.05, 3.63) is 23.3 Å². The summed E-state index contributed by atoms with van der Waals surface area (Å²) < 4.78 is 5.38. The molecule has 2 heterocycles. The summed E-state index contributed by atoms with van der Waals surface area (Å²) in [5.74, 6) is 0.464. The average molecular weight is 237 g/mol. The fraction of sp³-hybridized carbons (Fsp3) is 0.333. The van der Waals surface area contributed by atoms with Gasteiger partial charge in [-0.2, -0.15) is 5.10 Å². The lowest BCUT2D eigenvalue weighted by atomic mass is 10.4. The molecule has 1 N–H and O–H groups in total. The highest BCUT2D eigenvalue weighted by molar-refractivity contribution is 7.07. The fourth-order valence-corrected chi connectivity index (χ4v) is 1.68. The van der Waals surface area contributed by atoms with Gasteiger partial charge in [0, 0.05) is 12.1 Å². The number of carbonyl (C=O) groups excluding carboxylic acids is 1. The molecule has 1 amide bonds. The van der Waals surface area contributed by atoms with Crippen LogP contribution in [-0.4, -0.2) is 25.3 Å². The molecule has 0 fully saturated rings. The molecule has 0 aliphatic rings. The molecule has 6 nitrogen and oxygen atoms in total. The van der Waals surface area contributed by atoms with Crippen molar-refractivity contribution in [2.24, 2.45) is 0 Å². The lowest BCUT2D eigenvalue weighted by Gasteiger charge is -2.10. The van der Waals surface area contributed by atoms with E-state index in [9.17, 15) is 4.79 Å². The number of carbonyl (C=O) groups is 1. The summed E-state index contributed by atoms with van der Waals surface area (Å²) in [6.45, 7) is 3.99. The number of amides is 1. The number of nitrogens with zero attached hydrogens (tertiary/aromatic N) is 4. The van der Waals surface area contributed by atoms with Gasteiger partial charge < -0.3 is 5.32 Å². The van der Waals surface area contributed by atoms with Crippen LogP contribution in [0.2, 0.25) is 0 Å². The molecule has 0 saturated heterocycles. The molecule has 2 aromatic heterocycles. The van der Waals surface area contributed by atoms with Crippen LogP contribution in [-0.2, 0) is 0 Å². The third kappa shape index (κ3) is 2.08. The number of anilines is 1. The van der Waals surface area contributed by atoms with Gasteiger partial charge in [0.2, 0.25) is 0 Å². The van der Waals surface area contributed by atoms with Gasteiger partial charge in [0.1, 0.15) is 10.7 Å². The van der Waals surface area contributed by atoms with E-state index < -0.39 is 0 Å². The molecule has 0 bridgehead atoms. The van der Waals surface area contributed by atoms with Gasteiger partial charge in [-0.1, -0.05) is 4.49 Å². The van der Waals surface area contributed by atoms with Crippen molar-refractivity contribution in [2.75, 3.05) is 5.32 Å². The predicted octanol–water partition coefficient (Wildman–Crippen LogP) is 1.57. The van der Waals surface area contributed by atoms with E-state index in [-0.39, 0.29) is 11.9 Å². The quantitative estimate of drug-likeness (QED) is 0.879. The Kier molecular flexibility index (Phi) is 2.95. The Hall–Kier alpha value is -1.76. The van der Waals surface area contributed by atoms with Gasteiger partial charge in [-0.15, -0.1) is 5.10 Å². The lowest BCUT2D eigenvalue weighted by molar-refractivity contribution is 0.102. The minimum Gasteiger partial charge on any atom is -0.306 e. The molecule has 2 aromatic rings. The van der Waals surface area contributed by atoms with Crippen molar-refractivity contribution < 1.29 is 4.79 Å². The Labute approximate surface area is 96.5 Å². The summed E-state index contributed by atoms with van der Waals surface area (Å²) in [5.41, 5.74) is 0. The highest BCUT2D eigenvalue weighted by Crippen LogP contribution is 2.14. The van der Waals surface area contributed by atoms with Gasteiger partial charge in [0.25, 0.3) is 5.91 Å². The van der Waals surface area contributed by atoms with E-state index in [1.54, 1.807) is 16.9 Å². The molecular weight excluding hydrogens is 226 g/mol. The van der Waals surface area contributed by atoms with Crippen LogP contribution >= 0.6 is 11.5 Å². The van der Waals surface area contributed by atoms with Gasteiger partial charge in [0.05, 0.1) is 12.4 Å². The zero-order valence-electron chi connectivity index (χ0n) is 8.91. The van der Waals surface area contributed by atoms with E-state index in [1.807, 2.05) is 13.8 Å². The maximum absolute atomic E-state index is 11.7. The van der Waals surface area contributed by atoms with E-state index in [0.717, 1.165) is 11.5 Å². The minimum absolute atomic E-state index is 0.199. The maximum Gasteiger partial charge on any atom is 0.270 e. The molecular formula is C9H11N5OS. The van der Waals surface area contributed by atoms with Gasteiger partial charge >= 0.3 is 0 Å². The Morgan fingerprint density at radius 1 is 1.56 bits per heavy atom. The molecule has 0 radical (unpaired) electrons. The van der Waals surface area contributed by atoms with Crippen LogP contribution in [0.4, 0.5) is 5.82 Å². The summed E-state index contributed by atoms with van der Waals surface area (Å²) in [5, 5.41) is 10.5. The zero-order valence-corrected chi connectivity index (χ0v) is 9.73. The average Bonchev–Trinajstić information content (AvgIpc) is 2.86. The van der Waals surface area contributed by atoms with Crippen molar-refractivity contribution in [2.45, 2.75) is 19.9 Å². The van der Waals surface area contributed by atoms with Crippen LogP contribution < -0.4 is 5.32 Å². The molecule has 0 aliphatic heterocycles. The molecule has 0 aliphatic carbocycles. The molecule has 16 heavy (non-hydrogen) atoms. The van der Waals surface area contributed by atoms with Crippen LogP contribution in [0.25, 0.3) is 0 Å². The molecule has 7 heteroatoms. The van der Waals surface area contributed by atoms with Gasteiger partial charge in [-0.25, -0.2) is 4.68 Å². The molecule has 0 spiro atoms. The van der Waals surface area contributed by atoms with Crippen LogP contribution in [0.1, 0.15) is 29.6 Å². The highest BCUT2D eigenvalue weighted by Gasteiger charge is 2.12. The third-order valence-corrected chi connectivity index (χ3v) is 2.65. The molecule has 84 valence electrons. The summed E-state index contributed by atoms with van der Waals surface area (Å²) in [6.07, 6.45) is 3.09. The van der Waals surface area contributed by atoms with E-state index >= 15 is 0 Å². The second-order valence-corrected chi connectivity index (χ2v) is 4.28. The summed E-state index contributed by atoms with van der Waals surface area (Å²) >= 11 is 1.06. The van der Waals surface area contributed by atoms with Crippen LogP contribution in [0.3, 0.4) is 0 Å². The van der Waals surface area contributed by atoms with E-state index in [4.69, 9.17) is 0 Å². The second-order valence-electron chi connectivity index (χ2n) is 3.49. The Bertz CT molecular complexity index is 476. The normalized spacial score (nSPS) is 10.7. The maximum atomic E-state index is 11.7. The van der Waals surface area contributed by atoms with Crippen molar-refractivity contribution >= 4 is 23.3 Å². The standard InChI is InChI=1S/C9H11N5OS/c1-6(2)14-8(3-4-11-14)12-9(15)7-5-10-13-16-7/h3-6H,1-2H3,(H,12,15). The number of hydrogen-bond acceptors (Lipinski definition) is 5. The van der Waals surface area contributed by atoms with Crippen molar-refractivity contribution in [1.82, 2.24) is 19.4 Å². The smallest absolute Gasteiger partial charge is 0.270 e. The van der Waals surface area contributed by atoms with Crippen molar-refractivity contribution in [1.29, 1.82) is 0 Å². The first kappa shape index (κ1) is 10.7. The number of rotatable bonds is 3. The van der Waals surface area contributed by atoms with Crippen LogP contribution in [0.15, 0.2) is 18.5 Å². The summed E-state index contributed by atoms with van der Waals surface area (Å²) in [6, 6.07) is 1.96. The molecule has 0 aromatic carbocycles. The first-order chi connectivity index (χ1) is 7.68. The second kappa shape index (κ2) is 4.40.